The molecule has 0 spiro atoms. The van der Waals surface area contributed by atoms with Gasteiger partial charge in [-0.25, -0.2) is 19.6 Å². The van der Waals surface area contributed by atoms with Crippen molar-refractivity contribution in [2.24, 2.45) is 0 Å². The smallest absolute Gasteiger partial charge is 0.257 e. The molecule has 0 radical (unpaired) electrons. The predicted octanol–water partition coefficient (Wildman–Crippen LogP) is 3.56. The van der Waals surface area contributed by atoms with Crippen LogP contribution in [0.25, 0.3) is 5.95 Å². The molecule has 3 aromatic heterocycles. The first-order chi connectivity index (χ1) is 14.0. The average Bonchev–Trinajstić information content (AvgIpc) is 3.33. The van der Waals surface area contributed by atoms with Crippen molar-refractivity contribution in [3.8, 4) is 11.8 Å². The second-order valence-corrected chi connectivity index (χ2v) is 7.34. The minimum Gasteiger partial charge on any atom is -0.474 e. The maximum absolute atomic E-state index is 12.5. The van der Waals surface area contributed by atoms with Gasteiger partial charge in [-0.05, 0) is 58.1 Å². The molecule has 3 heterocycles. The average molecular weight is 392 g/mol. The third kappa shape index (κ3) is 4.11. The van der Waals surface area contributed by atoms with Crippen molar-refractivity contribution in [3.05, 3.63) is 53.2 Å². The Labute approximate surface area is 169 Å². The second kappa shape index (κ2) is 7.98. The molecule has 0 aliphatic heterocycles. The number of hydrogen-bond acceptors (Lipinski definition) is 6. The first-order valence-corrected chi connectivity index (χ1v) is 9.80. The molecule has 0 unspecified atom stereocenters. The number of anilines is 1. The number of carbonyl (C=O) groups is 1. The van der Waals surface area contributed by atoms with Crippen LogP contribution >= 0.6 is 0 Å². The first kappa shape index (κ1) is 19.0. The summed E-state index contributed by atoms with van der Waals surface area (Å²) in [5, 5.41) is 7.23. The highest BCUT2D eigenvalue weighted by atomic mass is 16.5. The van der Waals surface area contributed by atoms with E-state index in [4.69, 9.17) is 4.74 Å². The number of nitrogens with zero attached hydrogens (tertiary/aromatic N) is 5. The van der Waals surface area contributed by atoms with Gasteiger partial charge in [0.25, 0.3) is 11.9 Å². The molecule has 1 amide bonds. The Hall–Kier alpha value is -3.29. The van der Waals surface area contributed by atoms with Gasteiger partial charge in [0, 0.05) is 18.0 Å². The topological polar surface area (TPSA) is 94.8 Å². The Morgan fingerprint density at radius 3 is 2.38 bits per heavy atom. The summed E-state index contributed by atoms with van der Waals surface area (Å²) in [6, 6.07) is 3.44. The fourth-order valence-electron chi connectivity index (χ4n) is 3.38. The molecule has 1 fully saturated rings. The van der Waals surface area contributed by atoms with E-state index in [0.29, 0.717) is 23.1 Å². The van der Waals surface area contributed by atoms with Gasteiger partial charge in [0.1, 0.15) is 6.10 Å². The van der Waals surface area contributed by atoms with Gasteiger partial charge in [0.15, 0.2) is 0 Å². The van der Waals surface area contributed by atoms with Crippen molar-refractivity contribution < 1.29 is 9.53 Å². The molecule has 0 aromatic carbocycles. The number of aromatic nitrogens is 5. The van der Waals surface area contributed by atoms with Gasteiger partial charge in [-0.3, -0.25) is 4.79 Å². The highest BCUT2D eigenvalue weighted by molar-refractivity contribution is 6.03. The van der Waals surface area contributed by atoms with E-state index in [2.05, 4.69) is 25.4 Å². The molecule has 8 nitrogen and oxygen atoms in total. The van der Waals surface area contributed by atoms with E-state index in [-0.39, 0.29) is 12.0 Å². The number of carbonyl (C=O) groups excluding carboxylic acids is 1. The molecule has 1 N–H and O–H groups in total. The molecule has 0 saturated heterocycles. The van der Waals surface area contributed by atoms with Crippen LogP contribution in [0.5, 0.6) is 5.88 Å². The Bertz CT molecular complexity index is 1000. The third-order valence-corrected chi connectivity index (χ3v) is 5.33. The third-order valence-electron chi connectivity index (χ3n) is 5.33. The maximum Gasteiger partial charge on any atom is 0.257 e. The number of nitrogens with one attached hydrogen (secondary N) is 1. The van der Waals surface area contributed by atoms with Crippen LogP contribution in [0.2, 0.25) is 0 Å². The van der Waals surface area contributed by atoms with Crippen LogP contribution in [0.4, 0.5) is 5.69 Å². The fraction of sp³-hybridized carbons (Fsp3) is 0.381. The van der Waals surface area contributed by atoms with Gasteiger partial charge in [-0.1, -0.05) is 0 Å². The van der Waals surface area contributed by atoms with Crippen molar-refractivity contribution in [2.45, 2.75) is 52.6 Å². The van der Waals surface area contributed by atoms with E-state index in [1.165, 1.54) is 19.0 Å². The summed E-state index contributed by atoms with van der Waals surface area (Å²) in [7, 11) is 0. The van der Waals surface area contributed by atoms with Crippen LogP contribution < -0.4 is 10.1 Å². The van der Waals surface area contributed by atoms with E-state index >= 15 is 0 Å². The highest BCUT2D eigenvalue weighted by Gasteiger charge is 2.17. The van der Waals surface area contributed by atoms with Gasteiger partial charge in [-0.15, -0.1) is 0 Å². The highest BCUT2D eigenvalue weighted by Crippen LogP contribution is 2.23. The van der Waals surface area contributed by atoms with Crippen LogP contribution in [0, 0.1) is 20.8 Å². The largest absolute Gasteiger partial charge is 0.474 e. The Kier molecular flexibility index (Phi) is 5.24. The van der Waals surface area contributed by atoms with Crippen LogP contribution in [0.1, 0.15) is 53.0 Å². The van der Waals surface area contributed by atoms with E-state index in [9.17, 15) is 4.79 Å². The van der Waals surface area contributed by atoms with E-state index in [0.717, 1.165) is 29.8 Å². The minimum atomic E-state index is -0.275. The fourth-order valence-corrected chi connectivity index (χ4v) is 3.38. The number of aryl methyl sites for hydroxylation is 1. The quantitative estimate of drug-likeness (QED) is 0.713. The SMILES string of the molecule is Cc1nn(-c2ncc(NC(=O)c3ccc(OC4CCCC4)nc3)cn2)c(C)c1C. The van der Waals surface area contributed by atoms with Crippen LogP contribution in [0.15, 0.2) is 30.7 Å². The Morgan fingerprint density at radius 1 is 1.07 bits per heavy atom. The molecule has 0 atom stereocenters. The molecule has 1 aliphatic rings. The van der Waals surface area contributed by atoms with Crippen molar-refractivity contribution in [2.75, 3.05) is 5.32 Å². The molecule has 4 rings (SSSR count). The molecular formula is C21H24N6O2. The molecule has 0 bridgehead atoms. The number of rotatable bonds is 5. The van der Waals surface area contributed by atoms with Crippen LogP contribution in [0.3, 0.4) is 0 Å². The number of amides is 1. The first-order valence-electron chi connectivity index (χ1n) is 9.80. The van der Waals surface area contributed by atoms with Crippen LogP contribution in [-0.4, -0.2) is 36.7 Å². The summed E-state index contributed by atoms with van der Waals surface area (Å²) in [4.78, 5) is 25.4. The summed E-state index contributed by atoms with van der Waals surface area (Å²) in [6.45, 7) is 5.94. The van der Waals surface area contributed by atoms with Crippen molar-refractivity contribution in [1.82, 2.24) is 24.7 Å². The molecule has 8 heteroatoms. The zero-order chi connectivity index (χ0) is 20.4. The van der Waals surface area contributed by atoms with E-state index < -0.39 is 0 Å². The van der Waals surface area contributed by atoms with Gasteiger partial charge >= 0.3 is 0 Å². The lowest BCUT2D eigenvalue weighted by Gasteiger charge is -2.12. The summed E-state index contributed by atoms with van der Waals surface area (Å²) < 4.78 is 7.53. The van der Waals surface area contributed by atoms with Crippen molar-refractivity contribution >= 4 is 11.6 Å². The molecule has 1 saturated carbocycles. The number of hydrogen-bond donors (Lipinski definition) is 1. The molecule has 150 valence electrons. The standard InChI is InChI=1S/C21H24N6O2/c1-13-14(2)26-27(15(13)3)21-23-11-17(12-24-21)25-20(28)16-8-9-19(22-10-16)29-18-6-4-5-7-18/h8-12,18H,4-7H2,1-3H3,(H,25,28). The lowest BCUT2D eigenvalue weighted by molar-refractivity contribution is 0.102. The molecule has 1 aliphatic carbocycles. The zero-order valence-corrected chi connectivity index (χ0v) is 16.8. The van der Waals surface area contributed by atoms with Gasteiger partial charge in [-0.2, -0.15) is 5.10 Å². The van der Waals surface area contributed by atoms with Crippen molar-refractivity contribution in [1.29, 1.82) is 0 Å². The minimum absolute atomic E-state index is 0.240. The predicted molar refractivity (Wildman–Crippen MR) is 108 cm³/mol. The monoisotopic (exact) mass is 392 g/mol. The maximum atomic E-state index is 12.5. The van der Waals surface area contributed by atoms with E-state index in [1.807, 2.05) is 20.8 Å². The zero-order valence-electron chi connectivity index (χ0n) is 16.8. The number of pyridine rings is 1. The molecule has 29 heavy (non-hydrogen) atoms. The van der Waals surface area contributed by atoms with Crippen molar-refractivity contribution in [3.63, 3.8) is 0 Å². The Morgan fingerprint density at radius 2 is 1.79 bits per heavy atom. The summed E-state index contributed by atoms with van der Waals surface area (Å²) in [6.07, 6.45) is 9.43. The lowest BCUT2D eigenvalue weighted by Crippen LogP contribution is -2.15. The second-order valence-electron chi connectivity index (χ2n) is 7.34. The van der Waals surface area contributed by atoms with Crippen LogP contribution in [-0.2, 0) is 0 Å². The Balaban J connectivity index is 1.41. The van der Waals surface area contributed by atoms with E-state index in [1.54, 1.807) is 29.2 Å². The molecular weight excluding hydrogens is 368 g/mol. The van der Waals surface area contributed by atoms with Gasteiger partial charge in [0.2, 0.25) is 5.88 Å². The summed E-state index contributed by atoms with van der Waals surface area (Å²) >= 11 is 0. The van der Waals surface area contributed by atoms with Gasteiger partial charge < -0.3 is 10.1 Å². The normalized spacial score (nSPS) is 14.2. The number of ether oxygens (including phenoxy) is 1. The lowest BCUT2D eigenvalue weighted by atomic mass is 10.2. The molecule has 3 aromatic rings. The summed E-state index contributed by atoms with van der Waals surface area (Å²) in [5.41, 5.74) is 3.99. The summed E-state index contributed by atoms with van der Waals surface area (Å²) in [5.74, 6) is 0.747. The van der Waals surface area contributed by atoms with Gasteiger partial charge in [0.05, 0.1) is 29.3 Å².